The van der Waals surface area contributed by atoms with E-state index in [4.69, 9.17) is 9.47 Å². The molecule has 3 amide bonds. The smallest absolute Gasteiger partial charge is 0.313 e. The molecule has 2 N–H and O–H groups in total. The molecule has 0 unspecified atom stereocenters. The minimum atomic E-state index is -1.23. The number of hydrogen-bond donors (Lipinski definition) is 2. The normalized spacial score (nSPS) is 26.0. The van der Waals surface area contributed by atoms with Crippen LogP contribution in [-0.2, 0) is 28.7 Å². The van der Waals surface area contributed by atoms with Crippen molar-refractivity contribution in [2.75, 3.05) is 26.2 Å². The number of aliphatic hydroxyl groups excluding tert-OH is 1. The molecule has 46 heavy (non-hydrogen) atoms. The maximum Gasteiger partial charge on any atom is 0.313 e. The number of β-amino-alcohol motifs (C(OH)–C–C–N with tert-alkyl or cyclic N) is 1. The van der Waals surface area contributed by atoms with Crippen LogP contribution in [0.3, 0.4) is 0 Å². The second-order valence-corrected chi connectivity index (χ2v) is 14.6. The second kappa shape index (κ2) is 14.1. The van der Waals surface area contributed by atoms with E-state index >= 15 is 0 Å². The van der Waals surface area contributed by atoms with E-state index in [1.54, 1.807) is 17.1 Å². The number of hydrogen-bond acceptors (Lipinski definition) is 7. The highest BCUT2D eigenvalue weighted by Crippen LogP contribution is 2.59. The first-order valence-electron chi connectivity index (χ1n) is 16.4. The number of likely N-dealkylation sites (tertiary alicyclic amines) is 1. The lowest BCUT2D eigenvalue weighted by Crippen LogP contribution is -2.61. The summed E-state index contributed by atoms with van der Waals surface area (Å²) in [4.78, 5) is 58.5. The molecule has 2 bridgehead atoms. The highest BCUT2D eigenvalue weighted by molar-refractivity contribution is 5.98. The summed E-state index contributed by atoms with van der Waals surface area (Å²) in [5.74, 6) is -3.33. The largest absolute Gasteiger partial charge is 0.455 e. The average Bonchev–Trinajstić information content (AvgIpc) is 3.63. The lowest BCUT2D eigenvalue weighted by atomic mass is 9.70. The molecule has 3 aliphatic rings. The maximum atomic E-state index is 14.6. The van der Waals surface area contributed by atoms with E-state index in [-0.39, 0.29) is 49.9 Å². The summed E-state index contributed by atoms with van der Waals surface area (Å²) in [7, 11) is 0. The van der Waals surface area contributed by atoms with Crippen LogP contribution in [0.4, 0.5) is 0 Å². The summed E-state index contributed by atoms with van der Waals surface area (Å²) in [6, 6.07) is 8.13. The van der Waals surface area contributed by atoms with E-state index in [2.05, 4.69) is 39.2 Å². The van der Waals surface area contributed by atoms with Crippen LogP contribution < -0.4 is 5.32 Å². The van der Waals surface area contributed by atoms with Gasteiger partial charge in [-0.05, 0) is 50.5 Å². The van der Waals surface area contributed by atoms with Gasteiger partial charge in [-0.25, -0.2) is 0 Å². The summed E-state index contributed by atoms with van der Waals surface area (Å²) in [6.07, 6.45) is 4.36. The van der Waals surface area contributed by atoms with Gasteiger partial charge in [0, 0.05) is 25.0 Å². The van der Waals surface area contributed by atoms with Crippen molar-refractivity contribution < 1.29 is 33.8 Å². The minimum Gasteiger partial charge on any atom is -0.455 e. The fourth-order valence-corrected chi connectivity index (χ4v) is 8.00. The van der Waals surface area contributed by atoms with Crippen molar-refractivity contribution in [2.45, 2.75) is 96.1 Å². The Balaban J connectivity index is 1.64. The third kappa shape index (κ3) is 7.08. The molecule has 252 valence electrons. The Kier molecular flexibility index (Phi) is 10.8. The monoisotopic (exact) mass is 637 g/mol. The molecule has 3 saturated heterocycles. The molecule has 0 aliphatic carbocycles. The number of carbonyl (C=O) groups is 4. The number of nitrogens with zero attached hydrogens (tertiary/aromatic N) is 2. The third-order valence-electron chi connectivity index (χ3n) is 9.41. The number of esters is 1. The van der Waals surface area contributed by atoms with Crippen molar-refractivity contribution in [3.63, 3.8) is 0 Å². The highest BCUT2D eigenvalue weighted by Gasteiger charge is 2.75. The first-order chi connectivity index (χ1) is 21.7. The van der Waals surface area contributed by atoms with Gasteiger partial charge >= 0.3 is 5.97 Å². The standard InChI is InChI=1S/C36H51N3O7/c1-8-10-16-27(41)37-22-26(24-14-12-11-13-15-24)45-33(44)28-25-17-18-36(46-25)29(28)31(42)38(20-21-40)30(36)32(43)39(19-9-2)35(6,7)23-34(3,4)5/h8-9,11-15,25-26,28-30,40H,1-2,10,16-23H2,3-7H3,(H,37,41)/t25-,26+,28+,29+,30-,36+/m1/s1. The number of fused-ring (bicyclic) bond motifs is 1. The number of allylic oxidation sites excluding steroid dienone is 1. The molecule has 0 aromatic heterocycles. The van der Waals surface area contributed by atoms with Crippen molar-refractivity contribution in [1.82, 2.24) is 15.1 Å². The molecule has 3 fully saturated rings. The molecule has 1 aromatic rings. The lowest BCUT2D eigenvalue weighted by molar-refractivity contribution is -0.160. The van der Waals surface area contributed by atoms with E-state index in [1.165, 1.54) is 4.90 Å². The van der Waals surface area contributed by atoms with Crippen LogP contribution in [0.15, 0.2) is 55.6 Å². The molecular formula is C36H51N3O7. The van der Waals surface area contributed by atoms with E-state index in [9.17, 15) is 24.3 Å². The van der Waals surface area contributed by atoms with Gasteiger partial charge in [0.25, 0.3) is 0 Å². The maximum absolute atomic E-state index is 14.6. The fourth-order valence-electron chi connectivity index (χ4n) is 8.00. The SMILES string of the molecule is C=CCCC(=O)NC[C@H](OC(=O)[C@@H]1[C@H]2C(=O)N(CCO)[C@H](C(=O)N(CC=C)C(C)(C)CC(C)(C)C)[C@]23CC[C@H]1O3)c1ccccc1. The third-order valence-corrected chi connectivity index (χ3v) is 9.41. The molecule has 0 saturated carbocycles. The van der Waals surface area contributed by atoms with Crippen LogP contribution in [0, 0.1) is 17.3 Å². The van der Waals surface area contributed by atoms with E-state index < -0.39 is 53.1 Å². The number of ether oxygens (including phenoxy) is 2. The van der Waals surface area contributed by atoms with E-state index in [0.717, 1.165) is 0 Å². The van der Waals surface area contributed by atoms with Crippen molar-refractivity contribution >= 4 is 23.7 Å². The highest BCUT2D eigenvalue weighted by atomic mass is 16.6. The fraction of sp³-hybridized carbons (Fsp3) is 0.611. The second-order valence-electron chi connectivity index (χ2n) is 14.6. The predicted octanol–water partition coefficient (Wildman–Crippen LogP) is 3.95. The van der Waals surface area contributed by atoms with Crippen LogP contribution >= 0.6 is 0 Å². The molecule has 3 aliphatic heterocycles. The number of amides is 3. The Hall–Kier alpha value is -3.50. The number of benzene rings is 1. The van der Waals surface area contributed by atoms with Crippen molar-refractivity contribution in [3.8, 4) is 0 Å². The van der Waals surface area contributed by atoms with Crippen LogP contribution in [0.2, 0.25) is 0 Å². The summed E-state index contributed by atoms with van der Waals surface area (Å²) < 4.78 is 12.7. The van der Waals surface area contributed by atoms with E-state index in [0.29, 0.717) is 31.2 Å². The molecule has 6 atom stereocenters. The lowest BCUT2D eigenvalue weighted by Gasteiger charge is -2.45. The molecule has 10 heteroatoms. The Bertz CT molecular complexity index is 1310. The zero-order chi connectivity index (χ0) is 33.9. The first-order valence-corrected chi connectivity index (χ1v) is 16.4. The average molecular weight is 638 g/mol. The Morgan fingerprint density at radius 2 is 1.87 bits per heavy atom. The molecule has 1 aromatic carbocycles. The van der Waals surface area contributed by atoms with Gasteiger partial charge < -0.3 is 29.7 Å². The van der Waals surface area contributed by atoms with Crippen LogP contribution in [-0.4, -0.2) is 88.1 Å². The Morgan fingerprint density at radius 1 is 1.17 bits per heavy atom. The zero-order valence-electron chi connectivity index (χ0n) is 28.0. The van der Waals surface area contributed by atoms with Crippen molar-refractivity contribution in [2.24, 2.45) is 17.3 Å². The molecular weight excluding hydrogens is 586 g/mol. The van der Waals surface area contributed by atoms with Gasteiger partial charge in [-0.1, -0.05) is 63.3 Å². The topological polar surface area (TPSA) is 125 Å². The predicted molar refractivity (Wildman–Crippen MR) is 174 cm³/mol. The van der Waals surface area contributed by atoms with Gasteiger partial charge in [0.1, 0.15) is 17.7 Å². The summed E-state index contributed by atoms with van der Waals surface area (Å²) in [5.41, 5.74) is -1.19. The molecule has 1 spiro atoms. The number of rotatable bonds is 15. The van der Waals surface area contributed by atoms with Crippen molar-refractivity contribution in [3.05, 3.63) is 61.2 Å². The first kappa shape index (κ1) is 35.4. The molecule has 10 nitrogen and oxygen atoms in total. The van der Waals surface area contributed by atoms with E-state index in [1.807, 2.05) is 44.2 Å². The van der Waals surface area contributed by atoms with Gasteiger partial charge in [-0.15, -0.1) is 13.2 Å². The Morgan fingerprint density at radius 3 is 2.48 bits per heavy atom. The quantitative estimate of drug-likeness (QED) is 0.220. The van der Waals surface area contributed by atoms with Gasteiger partial charge in [0.05, 0.1) is 31.1 Å². The Labute approximate surface area is 273 Å². The summed E-state index contributed by atoms with van der Waals surface area (Å²) in [5, 5.41) is 12.8. The summed E-state index contributed by atoms with van der Waals surface area (Å²) in [6.45, 7) is 17.8. The van der Waals surface area contributed by atoms with Gasteiger partial charge in [-0.3, -0.25) is 19.2 Å². The number of aliphatic hydroxyl groups is 1. The van der Waals surface area contributed by atoms with Gasteiger partial charge in [0.2, 0.25) is 17.7 Å². The zero-order valence-corrected chi connectivity index (χ0v) is 28.0. The molecule has 0 radical (unpaired) electrons. The van der Waals surface area contributed by atoms with Gasteiger partial charge in [-0.2, -0.15) is 0 Å². The molecule has 4 rings (SSSR count). The van der Waals surface area contributed by atoms with Crippen LogP contribution in [0.5, 0.6) is 0 Å². The van der Waals surface area contributed by atoms with Crippen LogP contribution in [0.1, 0.15) is 78.4 Å². The minimum absolute atomic E-state index is 0.0604. The number of carbonyl (C=O) groups excluding carboxylic acids is 4. The van der Waals surface area contributed by atoms with Gasteiger partial charge in [0.15, 0.2) is 0 Å². The number of nitrogens with one attached hydrogen (secondary N) is 1. The van der Waals surface area contributed by atoms with Crippen LogP contribution in [0.25, 0.3) is 0 Å². The summed E-state index contributed by atoms with van der Waals surface area (Å²) >= 11 is 0. The molecule has 3 heterocycles. The van der Waals surface area contributed by atoms with Crippen molar-refractivity contribution in [1.29, 1.82) is 0 Å².